The fraction of sp³-hybridized carbons (Fsp3) is 0. The van der Waals surface area contributed by atoms with Crippen LogP contribution < -0.4 is 9.55 Å². The number of thiophene rings is 2. The fourth-order valence-corrected chi connectivity index (χ4v) is 3.74. The van der Waals surface area contributed by atoms with E-state index >= 15 is 0 Å². The van der Waals surface area contributed by atoms with Crippen molar-refractivity contribution in [2.24, 2.45) is 0 Å². The van der Waals surface area contributed by atoms with E-state index in [9.17, 15) is 9.59 Å². The molecular formula is C10H2B2O2S2. The first-order valence-electron chi connectivity index (χ1n) is 4.46. The maximum atomic E-state index is 11.8. The van der Waals surface area contributed by atoms with Gasteiger partial charge in [-0.15, -0.1) is 0 Å². The molecule has 0 aliphatic heterocycles. The highest BCUT2D eigenvalue weighted by Gasteiger charge is 2.33. The Bertz CT molecular complexity index is 583. The lowest BCUT2D eigenvalue weighted by atomic mass is 9.92. The van der Waals surface area contributed by atoms with Gasteiger partial charge in [0.25, 0.3) is 0 Å². The summed E-state index contributed by atoms with van der Waals surface area (Å²) in [5.41, 5.74) is 0.809. The average Bonchev–Trinajstić information content (AvgIpc) is 2.78. The van der Waals surface area contributed by atoms with Gasteiger partial charge in [0.05, 0.1) is 9.75 Å². The third-order valence-electron chi connectivity index (χ3n) is 2.40. The third kappa shape index (κ3) is 1.20. The summed E-state index contributed by atoms with van der Waals surface area (Å²) in [5.74, 6) is -0.985. The minimum Gasteiger partial charge on any atom is -0.285 e. The monoisotopic (exact) mass is 240 g/mol. The molecule has 0 fully saturated rings. The summed E-state index contributed by atoms with van der Waals surface area (Å²) < 4.78 is 1.07. The van der Waals surface area contributed by atoms with Crippen molar-refractivity contribution in [3.63, 3.8) is 0 Å². The highest BCUT2D eigenvalue weighted by atomic mass is 32.1. The van der Waals surface area contributed by atoms with Crippen molar-refractivity contribution < 1.29 is 9.59 Å². The van der Waals surface area contributed by atoms with Gasteiger partial charge >= 0.3 is 0 Å². The van der Waals surface area contributed by atoms with E-state index < -0.39 is 11.6 Å². The summed E-state index contributed by atoms with van der Waals surface area (Å²) in [6.45, 7) is 0. The Morgan fingerprint density at radius 1 is 0.812 bits per heavy atom. The Labute approximate surface area is 102 Å². The Morgan fingerprint density at radius 3 is 1.56 bits per heavy atom. The predicted octanol–water partition coefficient (Wildman–Crippen LogP) is 0.443. The van der Waals surface area contributed by atoms with E-state index in [2.05, 4.69) is 0 Å². The molecule has 0 unspecified atom stereocenters. The molecule has 0 atom stereocenters. The molecule has 16 heavy (non-hydrogen) atoms. The van der Waals surface area contributed by atoms with Gasteiger partial charge in [0.1, 0.15) is 15.7 Å². The van der Waals surface area contributed by atoms with Gasteiger partial charge in [-0.05, 0) is 21.7 Å². The lowest BCUT2D eigenvalue weighted by Gasteiger charge is -2.08. The third-order valence-corrected chi connectivity index (χ3v) is 4.50. The van der Waals surface area contributed by atoms with Crippen LogP contribution in [0.3, 0.4) is 0 Å². The molecular weight excluding hydrogens is 238 g/mol. The number of carbonyl (C=O) groups excluding carboxylic acids is 2. The summed E-state index contributed by atoms with van der Waals surface area (Å²) in [5, 5.41) is 0. The maximum absolute atomic E-state index is 11.8. The second-order valence-electron chi connectivity index (χ2n) is 3.44. The van der Waals surface area contributed by atoms with Crippen LogP contribution in [-0.4, -0.2) is 27.3 Å². The van der Waals surface area contributed by atoms with Crippen molar-refractivity contribution in [1.82, 2.24) is 0 Å². The lowest BCUT2D eigenvalue weighted by molar-refractivity contribution is 0.0816. The molecule has 72 valence electrons. The van der Waals surface area contributed by atoms with Gasteiger partial charge in [-0.25, -0.2) is 0 Å². The molecule has 6 heteroatoms. The summed E-state index contributed by atoms with van der Waals surface area (Å²) in [6.07, 6.45) is 0. The van der Waals surface area contributed by atoms with Crippen molar-refractivity contribution in [3.05, 3.63) is 23.3 Å². The first kappa shape index (κ1) is 10.1. The van der Waals surface area contributed by atoms with Crippen LogP contribution in [0.1, 0.15) is 20.7 Å². The number of hydrogen-bond donors (Lipinski definition) is 0. The minimum absolute atomic E-state index is 0.404. The largest absolute Gasteiger partial charge is 0.285 e. The smallest absolute Gasteiger partial charge is 0.235 e. The van der Waals surface area contributed by atoms with Crippen LogP contribution >= 0.6 is 22.7 Å². The van der Waals surface area contributed by atoms with Crippen molar-refractivity contribution in [3.8, 4) is 9.75 Å². The molecule has 1 aliphatic rings. The summed E-state index contributed by atoms with van der Waals surface area (Å²) >= 11 is 2.62. The molecule has 0 aromatic carbocycles. The molecule has 0 N–H and O–H groups in total. The van der Waals surface area contributed by atoms with Crippen LogP contribution in [0.4, 0.5) is 0 Å². The molecule has 0 spiro atoms. The van der Waals surface area contributed by atoms with E-state index in [1.165, 1.54) is 22.7 Å². The molecule has 0 saturated carbocycles. The van der Waals surface area contributed by atoms with Crippen molar-refractivity contribution in [1.29, 1.82) is 0 Å². The van der Waals surface area contributed by atoms with E-state index in [0.29, 0.717) is 20.7 Å². The molecule has 2 heterocycles. The molecule has 3 rings (SSSR count). The normalized spacial score (nSPS) is 13.8. The fourth-order valence-electron chi connectivity index (χ4n) is 1.74. The zero-order valence-corrected chi connectivity index (χ0v) is 9.58. The Kier molecular flexibility index (Phi) is 2.00. The molecule has 0 amide bonds. The van der Waals surface area contributed by atoms with Gasteiger partial charge in [0.15, 0.2) is 0 Å². The highest BCUT2D eigenvalue weighted by molar-refractivity contribution is 7.30. The Balaban J connectivity index is 2.40. The van der Waals surface area contributed by atoms with Gasteiger partial charge in [0, 0.05) is 11.1 Å². The van der Waals surface area contributed by atoms with Gasteiger partial charge in [0.2, 0.25) is 11.6 Å². The van der Waals surface area contributed by atoms with E-state index in [-0.39, 0.29) is 0 Å². The average molecular weight is 240 g/mol. The lowest BCUT2D eigenvalue weighted by Crippen LogP contribution is -2.18. The molecule has 2 aromatic rings. The van der Waals surface area contributed by atoms with E-state index in [1.807, 2.05) is 0 Å². The van der Waals surface area contributed by atoms with E-state index in [1.54, 1.807) is 12.1 Å². The van der Waals surface area contributed by atoms with Crippen LogP contribution in [0.5, 0.6) is 0 Å². The zero-order chi connectivity index (χ0) is 11.4. The van der Waals surface area contributed by atoms with Crippen LogP contribution in [0.15, 0.2) is 12.1 Å². The Hall–Kier alpha value is -1.13. The number of Topliss-reactive ketones (excluding diaryl/α,β-unsaturated/α-hetero) is 2. The van der Waals surface area contributed by atoms with Gasteiger partial charge < -0.3 is 0 Å². The number of rotatable bonds is 0. The topological polar surface area (TPSA) is 34.1 Å². The molecule has 4 radical (unpaired) electrons. The van der Waals surface area contributed by atoms with Crippen molar-refractivity contribution >= 4 is 59.5 Å². The molecule has 1 aliphatic carbocycles. The molecule has 2 nitrogen and oxygen atoms in total. The van der Waals surface area contributed by atoms with Crippen LogP contribution in [0.2, 0.25) is 0 Å². The van der Waals surface area contributed by atoms with E-state index in [4.69, 9.17) is 15.7 Å². The number of fused-ring (bicyclic) bond motifs is 3. The zero-order valence-electron chi connectivity index (χ0n) is 7.94. The van der Waals surface area contributed by atoms with Crippen LogP contribution in [0, 0.1) is 0 Å². The molecule has 0 bridgehead atoms. The standard InChI is InChI=1S/C10H2B2O2S2/c11-5-1-3-7(13)8(14)4-2-6(12)16-10(4)9(3)15-5/h1-2H. The molecule has 2 aromatic heterocycles. The Morgan fingerprint density at radius 2 is 1.19 bits per heavy atom. The SMILES string of the molecule is [B]c1cc2c(s1)-c1sc([B])cc1C(=O)C2=O. The highest BCUT2D eigenvalue weighted by Crippen LogP contribution is 2.38. The maximum Gasteiger partial charge on any atom is 0.235 e. The van der Waals surface area contributed by atoms with Crippen LogP contribution in [-0.2, 0) is 0 Å². The van der Waals surface area contributed by atoms with Crippen molar-refractivity contribution in [2.75, 3.05) is 0 Å². The summed E-state index contributed by atoms with van der Waals surface area (Å²) in [4.78, 5) is 25.1. The number of carbonyl (C=O) groups is 2. The second-order valence-corrected chi connectivity index (χ2v) is 5.61. The summed E-state index contributed by atoms with van der Waals surface area (Å²) in [6, 6.07) is 3.11. The van der Waals surface area contributed by atoms with Crippen LogP contribution in [0.25, 0.3) is 9.75 Å². The first-order chi connectivity index (χ1) is 7.58. The summed E-state index contributed by atoms with van der Waals surface area (Å²) in [7, 11) is 11.3. The number of ketones is 2. The van der Waals surface area contributed by atoms with Crippen molar-refractivity contribution in [2.45, 2.75) is 0 Å². The molecule has 0 saturated heterocycles. The first-order valence-corrected chi connectivity index (χ1v) is 6.09. The van der Waals surface area contributed by atoms with Gasteiger partial charge in [-0.3, -0.25) is 9.59 Å². The minimum atomic E-state index is -0.492. The van der Waals surface area contributed by atoms with Gasteiger partial charge in [-0.2, -0.15) is 22.7 Å². The van der Waals surface area contributed by atoms with E-state index in [0.717, 1.165) is 9.75 Å². The predicted molar refractivity (Wildman–Crippen MR) is 67.1 cm³/mol. The quantitative estimate of drug-likeness (QED) is 0.494. The van der Waals surface area contributed by atoms with Gasteiger partial charge in [-0.1, -0.05) is 0 Å². The second kappa shape index (κ2) is 3.18. The number of hydrogen-bond acceptors (Lipinski definition) is 4.